The van der Waals surface area contributed by atoms with E-state index in [4.69, 9.17) is 0 Å². The Morgan fingerprint density at radius 1 is 1.28 bits per heavy atom. The van der Waals surface area contributed by atoms with Gasteiger partial charge in [-0.2, -0.15) is 4.39 Å². The molecule has 8 heteroatoms. The Bertz CT molecular complexity index is 920. The van der Waals surface area contributed by atoms with Crippen LogP contribution in [0.1, 0.15) is 28.5 Å². The molecule has 0 aliphatic carbocycles. The molecule has 0 aliphatic rings. The fourth-order valence-corrected chi connectivity index (χ4v) is 2.93. The van der Waals surface area contributed by atoms with Gasteiger partial charge in [0.25, 0.3) is 5.91 Å². The summed E-state index contributed by atoms with van der Waals surface area (Å²) in [5.41, 5.74) is 1.43. The van der Waals surface area contributed by atoms with Gasteiger partial charge >= 0.3 is 0 Å². The zero-order valence-electron chi connectivity index (χ0n) is 13.2. The summed E-state index contributed by atoms with van der Waals surface area (Å²) in [4.78, 5) is 16.2. The van der Waals surface area contributed by atoms with Crippen molar-refractivity contribution in [1.29, 1.82) is 0 Å². The molecule has 25 heavy (non-hydrogen) atoms. The summed E-state index contributed by atoms with van der Waals surface area (Å²) >= 11 is 0.717. The van der Waals surface area contributed by atoms with Crippen molar-refractivity contribution in [3.8, 4) is 0 Å². The number of amides is 1. The minimum Gasteiger partial charge on any atom is -0.339 e. The Morgan fingerprint density at radius 2 is 2.08 bits per heavy atom. The lowest BCUT2D eigenvalue weighted by atomic mass is 10.2. The van der Waals surface area contributed by atoms with Crippen LogP contribution in [0.15, 0.2) is 36.7 Å². The van der Waals surface area contributed by atoms with Crippen molar-refractivity contribution in [3.63, 3.8) is 0 Å². The summed E-state index contributed by atoms with van der Waals surface area (Å²) in [6, 6.07) is 4.99. The number of halogens is 3. The van der Waals surface area contributed by atoms with Gasteiger partial charge in [0.2, 0.25) is 0 Å². The van der Waals surface area contributed by atoms with Crippen molar-refractivity contribution in [3.05, 3.63) is 70.2 Å². The second kappa shape index (κ2) is 7.10. The number of benzene rings is 1. The van der Waals surface area contributed by atoms with Crippen LogP contribution in [-0.2, 0) is 13.0 Å². The van der Waals surface area contributed by atoms with Gasteiger partial charge in [0.15, 0.2) is 10.3 Å². The van der Waals surface area contributed by atoms with E-state index in [0.717, 1.165) is 17.8 Å². The third kappa shape index (κ3) is 3.90. The Morgan fingerprint density at radius 3 is 2.72 bits per heavy atom. The molecule has 0 radical (unpaired) electrons. The van der Waals surface area contributed by atoms with Crippen LogP contribution in [0.4, 0.5) is 18.3 Å². The number of nitrogens with zero attached hydrogens (tertiary/aromatic N) is 2. The minimum absolute atomic E-state index is 0.0705. The van der Waals surface area contributed by atoms with Gasteiger partial charge in [-0.05, 0) is 24.1 Å². The number of carbonyl (C=O) groups excluding carboxylic acids is 1. The van der Waals surface area contributed by atoms with E-state index < -0.39 is 22.7 Å². The lowest BCUT2D eigenvalue weighted by Gasteiger charge is -2.09. The highest BCUT2D eigenvalue weighted by Gasteiger charge is 2.16. The van der Waals surface area contributed by atoms with E-state index in [1.54, 1.807) is 16.8 Å². The number of anilines is 1. The first-order chi connectivity index (χ1) is 12.0. The molecule has 3 rings (SSSR count). The second-order valence-electron chi connectivity index (χ2n) is 5.37. The summed E-state index contributed by atoms with van der Waals surface area (Å²) in [5.74, 6) is -1.82. The molecule has 130 valence electrons. The highest BCUT2D eigenvalue weighted by molar-refractivity contribution is 7.14. The highest BCUT2D eigenvalue weighted by Crippen LogP contribution is 2.19. The van der Waals surface area contributed by atoms with Crippen molar-refractivity contribution < 1.29 is 18.0 Å². The lowest BCUT2D eigenvalue weighted by molar-refractivity contribution is 0.101. The maximum absolute atomic E-state index is 13.9. The third-order valence-corrected chi connectivity index (χ3v) is 4.35. The number of carbonyl (C=O) groups is 1. The molecule has 0 spiro atoms. The van der Waals surface area contributed by atoms with Crippen LogP contribution in [-0.4, -0.2) is 15.5 Å². The Labute approximate surface area is 145 Å². The van der Waals surface area contributed by atoms with E-state index in [0.29, 0.717) is 17.8 Å². The van der Waals surface area contributed by atoms with Crippen LogP contribution in [0.2, 0.25) is 0 Å². The molecule has 1 N–H and O–H groups in total. The van der Waals surface area contributed by atoms with Crippen molar-refractivity contribution in [2.75, 3.05) is 5.32 Å². The first-order valence-corrected chi connectivity index (χ1v) is 8.33. The predicted molar refractivity (Wildman–Crippen MR) is 89.3 cm³/mol. The van der Waals surface area contributed by atoms with Gasteiger partial charge in [-0.25, -0.2) is 13.8 Å². The van der Waals surface area contributed by atoms with Gasteiger partial charge in [0.1, 0.15) is 17.3 Å². The largest absolute Gasteiger partial charge is 0.339 e. The molecule has 0 unspecified atom stereocenters. The minimum atomic E-state index is -0.680. The van der Waals surface area contributed by atoms with E-state index in [-0.39, 0.29) is 22.9 Å². The molecule has 2 aromatic heterocycles. The topological polar surface area (TPSA) is 46.9 Å². The summed E-state index contributed by atoms with van der Waals surface area (Å²) < 4.78 is 41.5. The molecule has 0 atom stereocenters. The Balaban J connectivity index is 1.88. The van der Waals surface area contributed by atoms with Crippen molar-refractivity contribution >= 4 is 22.4 Å². The van der Waals surface area contributed by atoms with Crippen LogP contribution < -0.4 is 5.32 Å². The Hall–Kier alpha value is -2.61. The fraction of sp³-hybridized carbons (Fsp3) is 0.176. The van der Waals surface area contributed by atoms with Crippen molar-refractivity contribution in [2.24, 2.45) is 0 Å². The fourth-order valence-electron chi connectivity index (χ4n) is 2.39. The zero-order valence-corrected chi connectivity index (χ0v) is 14.0. The SMILES string of the molecule is CCc1cc(C(=O)Nc2ncc(F)s2)n(Cc2ccc(F)cc2F)c1. The number of hydrogen-bond acceptors (Lipinski definition) is 3. The van der Waals surface area contributed by atoms with E-state index >= 15 is 0 Å². The molecule has 4 nitrogen and oxygen atoms in total. The smallest absolute Gasteiger partial charge is 0.274 e. The van der Waals surface area contributed by atoms with Crippen molar-refractivity contribution in [1.82, 2.24) is 9.55 Å². The number of hydrogen-bond donors (Lipinski definition) is 1. The molecular formula is C17H14F3N3OS. The van der Waals surface area contributed by atoms with E-state index in [1.165, 1.54) is 12.1 Å². The van der Waals surface area contributed by atoms with Crippen LogP contribution >= 0.6 is 11.3 Å². The molecule has 0 bridgehead atoms. The molecule has 3 aromatic rings. The van der Waals surface area contributed by atoms with Gasteiger partial charge in [-0.1, -0.05) is 24.3 Å². The monoisotopic (exact) mass is 365 g/mol. The average molecular weight is 365 g/mol. The summed E-state index contributed by atoms with van der Waals surface area (Å²) in [5, 5.41) is 2.15. The number of nitrogens with one attached hydrogen (secondary N) is 1. The standard InChI is InChI=1S/C17H14F3N3OS/c1-2-10-5-14(16(24)22-17-21-7-15(20)25-17)23(8-10)9-11-3-4-12(18)6-13(11)19/h3-8H,2,9H2,1H3,(H,21,22,24). The number of aryl methyl sites for hydroxylation is 1. The quantitative estimate of drug-likeness (QED) is 0.736. The molecule has 0 aliphatic heterocycles. The van der Waals surface area contributed by atoms with Crippen LogP contribution in [0.25, 0.3) is 0 Å². The summed E-state index contributed by atoms with van der Waals surface area (Å²) in [6.45, 7) is 2.00. The van der Waals surface area contributed by atoms with E-state index in [1.807, 2.05) is 6.92 Å². The molecule has 0 fully saturated rings. The molecule has 0 saturated carbocycles. The van der Waals surface area contributed by atoms with Gasteiger partial charge in [0.05, 0.1) is 12.7 Å². The van der Waals surface area contributed by atoms with Crippen LogP contribution in [0.5, 0.6) is 0 Å². The number of rotatable bonds is 5. The summed E-state index contributed by atoms with van der Waals surface area (Å²) in [6.07, 6.45) is 3.44. The van der Waals surface area contributed by atoms with Gasteiger partial charge < -0.3 is 4.57 Å². The van der Waals surface area contributed by atoms with Crippen LogP contribution in [0.3, 0.4) is 0 Å². The second-order valence-corrected chi connectivity index (χ2v) is 6.36. The number of aromatic nitrogens is 2. The average Bonchev–Trinajstić information content (AvgIpc) is 3.16. The lowest BCUT2D eigenvalue weighted by Crippen LogP contribution is -2.17. The zero-order chi connectivity index (χ0) is 18.0. The van der Waals surface area contributed by atoms with Gasteiger partial charge in [-0.3, -0.25) is 10.1 Å². The maximum atomic E-state index is 13.9. The molecule has 2 heterocycles. The first kappa shape index (κ1) is 17.2. The summed E-state index contributed by atoms with van der Waals surface area (Å²) in [7, 11) is 0. The van der Waals surface area contributed by atoms with Crippen molar-refractivity contribution in [2.45, 2.75) is 19.9 Å². The third-order valence-electron chi connectivity index (χ3n) is 3.65. The van der Waals surface area contributed by atoms with E-state index in [9.17, 15) is 18.0 Å². The predicted octanol–water partition coefficient (Wildman–Crippen LogP) is 4.22. The molecule has 1 aromatic carbocycles. The van der Waals surface area contributed by atoms with E-state index in [2.05, 4.69) is 10.3 Å². The molecular weight excluding hydrogens is 351 g/mol. The molecule has 0 saturated heterocycles. The Kier molecular flexibility index (Phi) is 4.89. The normalized spacial score (nSPS) is 10.9. The van der Waals surface area contributed by atoms with Gasteiger partial charge in [-0.15, -0.1) is 0 Å². The molecule has 1 amide bonds. The van der Waals surface area contributed by atoms with Crippen LogP contribution in [0, 0.1) is 16.8 Å². The number of thiazole rings is 1. The maximum Gasteiger partial charge on any atom is 0.274 e. The highest BCUT2D eigenvalue weighted by atomic mass is 32.1. The first-order valence-electron chi connectivity index (χ1n) is 7.52. The van der Waals surface area contributed by atoms with Gasteiger partial charge in [0, 0.05) is 17.8 Å².